The number of quaternary nitrogens is 1. The van der Waals surface area contributed by atoms with E-state index in [0.717, 1.165) is 38.5 Å². The summed E-state index contributed by atoms with van der Waals surface area (Å²) in [4.78, 5) is 25.5. The van der Waals surface area contributed by atoms with Crippen LogP contribution in [0.4, 0.5) is 0 Å². The van der Waals surface area contributed by atoms with Crippen molar-refractivity contribution < 1.29 is 32.9 Å². The van der Waals surface area contributed by atoms with Gasteiger partial charge in [0.15, 0.2) is 0 Å². The van der Waals surface area contributed by atoms with Crippen molar-refractivity contribution in [3.8, 4) is 0 Å². The first-order valence-electron chi connectivity index (χ1n) is 32.7. The zero-order valence-electron chi connectivity index (χ0n) is 50.3. The number of likely N-dealkylation sites (N-methyl/N-ethyl adjacent to an activating group) is 1. The molecule has 3 atom stereocenters. The van der Waals surface area contributed by atoms with Crippen LogP contribution in [0.5, 0.6) is 0 Å². The number of aliphatic hydroxyl groups is 1. The number of allylic oxidation sites excluding steroid dienone is 3. The van der Waals surface area contributed by atoms with Crippen LogP contribution in [0.25, 0.3) is 0 Å². The summed E-state index contributed by atoms with van der Waals surface area (Å²) in [6, 6.07) is -0.900. The normalized spacial score (nSPS) is 13.9. The summed E-state index contributed by atoms with van der Waals surface area (Å²) in [6.07, 6.45) is 73.0. The Morgan fingerprint density at radius 2 is 0.757 bits per heavy atom. The second-order valence-electron chi connectivity index (χ2n) is 23.8. The van der Waals surface area contributed by atoms with E-state index in [1.807, 2.05) is 27.2 Å². The van der Waals surface area contributed by atoms with Gasteiger partial charge in [0.05, 0.1) is 39.9 Å². The van der Waals surface area contributed by atoms with Crippen molar-refractivity contribution in [2.45, 2.75) is 347 Å². The van der Waals surface area contributed by atoms with E-state index >= 15 is 0 Å². The molecule has 0 aliphatic rings. The molecule has 0 aromatic heterocycles. The van der Waals surface area contributed by atoms with E-state index in [1.54, 1.807) is 6.08 Å². The monoisotopic (exact) mass is 1060 g/mol. The molecule has 0 fully saturated rings. The van der Waals surface area contributed by atoms with Gasteiger partial charge in [-0.2, -0.15) is 0 Å². The third kappa shape index (κ3) is 58.7. The highest BCUT2D eigenvalue weighted by molar-refractivity contribution is 7.45. The van der Waals surface area contributed by atoms with Crippen LogP contribution in [0.1, 0.15) is 335 Å². The zero-order chi connectivity index (χ0) is 54.2. The van der Waals surface area contributed by atoms with Crippen LogP contribution in [0, 0.1) is 0 Å². The number of carbonyl (C=O) groups is 1. The summed E-state index contributed by atoms with van der Waals surface area (Å²) in [5, 5.41) is 13.9. The van der Waals surface area contributed by atoms with Crippen molar-refractivity contribution in [2.75, 3.05) is 40.9 Å². The summed E-state index contributed by atoms with van der Waals surface area (Å²) in [6.45, 7) is 4.68. The number of phosphoric ester groups is 1. The molecular weight excluding hydrogens is 936 g/mol. The molecule has 0 heterocycles. The fraction of sp³-hybridized carbons (Fsp3) is 0.923. The van der Waals surface area contributed by atoms with Crippen LogP contribution in [0.15, 0.2) is 24.3 Å². The van der Waals surface area contributed by atoms with E-state index in [4.69, 9.17) is 9.05 Å². The molecule has 2 N–H and O–H groups in total. The average molecular weight is 1070 g/mol. The number of aliphatic hydroxyl groups excluding tert-OH is 1. The lowest BCUT2D eigenvalue weighted by molar-refractivity contribution is -0.870. The fourth-order valence-electron chi connectivity index (χ4n) is 10.1. The number of unbranched alkanes of at least 4 members (excludes halogenated alkanes) is 46. The Hall–Kier alpha value is -1.02. The molecule has 0 aliphatic carbocycles. The van der Waals surface area contributed by atoms with Crippen molar-refractivity contribution in [1.29, 1.82) is 0 Å². The van der Waals surface area contributed by atoms with Crippen LogP contribution >= 0.6 is 7.82 Å². The molecule has 0 aromatic carbocycles. The van der Waals surface area contributed by atoms with Crippen LogP contribution in [0.2, 0.25) is 0 Å². The Morgan fingerprint density at radius 1 is 0.459 bits per heavy atom. The van der Waals surface area contributed by atoms with E-state index in [0.29, 0.717) is 17.4 Å². The number of nitrogens with zero attached hydrogens (tertiary/aromatic N) is 1. The smallest absolute Gasteiger partial charge is 0.268 e. The maximum absolute atomic E-state index is 13.0. The maximum atomic E-state index is 13.0. The Morgan fingerprint density at radius 3 is 1.09 bits per heavy atom. The first kappa shape index (κ1) is 73.0. The molecule has 0 rings (SSSR count). The molecule has 74 heavy (non-hydrogen) atoms. The summed E-state index contributed by atoms with van der Waals surface area (Å²) in [5.74, 6) is -0.200. The van der Waals surface area contributed by atoms with Gasteiger partial charge >= 0.3 is 0 Å². The molecule has 0 spiro atoms. The highest BCUT2D eigenvalue weighted by atomic mass is 31.2. The highest BCUT2D eigenvalue weighted by Crippen LogP contribution is 2.38. The number of hydrogen-bond donors (Lipinski definition) is 2. The average Bonchev–Trinajstić information content (AvgIpc) is 3.36. The molecule has 0 aromatic rings. The van der Waals surface area contributed by atoms with Crippen LogP contribution < -0.4 is 10.2 Å². The van der Waals surface area contributed by atoms with Crippen molar-refractivity contribution >= 4 is 13.7 Å². The summed E-state index contributed by atoms with van der Waals surface area (Å²) >= 11 is 0. The number of hydrogen-bond acceptors (Lipinski definition) is 6. The third-order valence-corrected chi connectivity index (χ3v) is 16.1. The van der Waals surface area contributed by atoms with Gasteiger partial charge in [0.25, 0.3) is 7.82 Å². The Balaban J connectivity index is 4.00. The van der Waals surface area contributed by atoms with Gasteiger partial charge in [-0.05, 0) is 32.1 Å². The number of amides is 1. The minimum Gasteiger partial charge on any atom is -0.756 e. The summed E-state index contributed by atoms with van der Waals surface area (Å²) < 4.78 is 23.4. The van der Waals surface area contributed by atoms with Crippen LogP contribution in [-0.4, -0.2) is 68.5 Å². The quantitative estimate of drug-likeness (QED) is 0.0272. The van der Waals surface area contributed by atoms with Gasteiger partial charge in [0, 0.05) is 6.42 Å². The highest BCUT2D eigenvalue weighted by Gasteiger charge is 2.23. The molecule has 0 bridgehead atoms. The molecule has 9 heteroatoms. The minimum atomic E-state index is -4.60. The van der Waals surface area contributed by atoms with Gasteiger partial charge in [0.2, 0.25) is 5.91 Å². The van der Waals surface area contributed by atoms with Gasteiger partial charge in [0.1, 0.15) is 13.2 Å². The molecular formula is C65H129N2O6P. The molecule has 0 radical (unpaired) electrons. The molecule has 0 aliphatic heterocycles. The second kappa shape index (κ2) is 56.7. The predicted octanol–water partition coefficient (Wildman–Crippen LogP) is 19.7. The second-order valence-corrected chi connectivity index (χ2v) is 25.2. The van der Waals surface area contributed by atoms with E-state index in [9.17, 15) is 19.4 Å². The standard InChI is InChI=1S/C65H129N2O6P/c1-6-8-10-12-14-16-18-20-22-24-26-27-28-29-30-31-32-33-34-35-36-37-38-39-40-41-43-45-47-49-51-53-55-57-59-65(69)66-63(62-73-74(70,71)72-61-60-67(3,4)5)64(68)58-56-54-52-50-48-46-44-42-25-23-21-19-17-15-13-11-9-7-2/h48,50,56,58,63-64,68H,6-47,49,51-55,57,59-62H2,1-5H3,(H-,66,69,70,71)/b50-48+,58-56+. The van der Waals surface area contributed by atoms with Crippen LogP contribution in [0.3, 0.4) is 0 Å². The topological polar surface area (TPSA) is 108 Å². The van der Waals surface area contributed by atoms with Gasteiger partial charge < -0.3 is 28.8 Å². The SMILES string of the molecule is CCCCCCCCCCCCCC/C=C/CC/C=C/C(O)C(COP(=O)([O-])OCC[N+](C)(C)C)NC(=O)CCCCCCCCCCCCCCCCCCCCCCCCCCCCCCCCCCCC. The van der Waals surface area contributed by atoms with Crippen molar-refractivity contribution in [1.82, 2.24) is 5.32 Å². The summed E-state index contributed by atoms with van der Waals surface area (Å²) in [7, 11) is 1.26. The lowest BCUT2D eigenvalue weighted by Gasteiger charge is -2.29. The Labute approximate surface area is 462 Å². The molecule has 1 amide bonds. The van der Waals surface area contributed by atoms with Crippen molar-refractivity contribution in [3.05, 3.63) is 24.3 Å². The first-order chi connectivity index (χ1) is 36.0. The molecule has 440 valence electrons. The largest absolute Gasteiger partial charge is 0.756 e. The van der Waals surface area contributed by atoms with E-state index < -0.39 is 20.0 Å². The predicted molar refractivity (Wildman–Crippen MR) is 321 cm³/mol. The van der Waals surface area contributed by atoms with Gasteiger partial charge in [-0.1, -0.05) is 321 Å². The van der Waals surface area contributed by atoms with Crippen molar-refractivity contribution in [2.24, 2.45) is 0 Å². The maximum Gasteiger partial charge on any atom is 0.268 e. The summed E-state index contributed by atoms with van der Waals surface area (Å²) in [5.41, 5.74) is 0. The van der Waals surface area contributed by atoms with Crippen molar-refractivity contribution in [3.63, 3.8) is 0 Å². The molecule has 0 saturated carbocycles. The molecule has 8 nitrogen and oxygen atoms in total. The van der Waals surface area contributed by atoms with Gasteiger partial charge in [-0.3, -0.25) is 9.36 Å². The first-order valence-corrected chi connectivity index (χ1v) is 34.2. The van der Waals surface area contributed by atoms with Gasteiger partial charge in [-0.25, -0.2) is 0 Å². The van der Waals surface area contributed by atoms with Gasteiger partial charge in [-0.15, -0.1) is 0 Å². The molecule has 3 unspecified atom stereocenters. The number of carbonyl (C=O) groups excluding carboxylic acids is 1. The van der Waals surface area contributed by atoms with E-state index in [-0.39, 0.29) is 19.1 Å². The van der Waals surface area contributed by atoms with E-state index in [2.05, 4.69) is 31.3 Å². The number of rotatable bonds is 61. The number of phosphoric acid groups is 1. The molecule has 0 saturated heterocycles. The number of nitrogens with one attached hydrogen (secondary N) is 1. The fourth-order valence-corrected chi connectivity index (χ4v) is 10.8. The van der Waals surface area contributed by atoms with Crippen LogP contribution in [-0.2, 0) is 18.4 Å². The lowest BCUT2D eigenvalue weighted by Crippen LogP contribution is -2.45. The Kier molecular flexibility index (Phi) is 55.9. The zero-order valence-corrected chi connectivity index (χ0v) is 51.2. The Bertz CT molecular complexity index is 1260. The van der Waals surface area contributed by atoms with E-state index in [1.165, 1.54) is 276 Å². The third-order valence-electron chi connectivity index (χ3n) is 15.2. The lowest BCUT2D eigenvalue weighted by atomic mass is 10.0. The minimum absolute atomic E-state index is 0.00364.